The zero-order chi connectivity index (χ0) is 8.81. The van der Waals surface area contributed by atoms with Gasteiger partial charge in [0.25, 0.3) is 5.91 Å². The van der Waals surface area contributed by atoms with Gasteiger partial charge in [-0.2, -0.15) is 5.10 Å². The summed E-state index contributed by atoms with van der Waals surface area (Å²) in [6.45, 7) is 0. The standard InChI is InChI=1S/C8H9N3O/c9-11-6-10-8(12)7-4-2-1-3-5-7/h1-6H,9H2,(H,10,11,12). The number of nitrogens with zero attached hydrogens (tertiary/aromatic N) is 1. The van der Waals surface area contributed by atoms with Crippen molar-refractivity contribution in [3.05, 3.63) is 35.9 Å². The van der Waals surface area contributed by atoms with Crippen molar-refractivity contribution >= 4 is 12.2 Å². The van der Waals surface area contributed by atoms with Crippen LogP contribution in [0.25, 0.3) is 0 Å². The molecule has 62 valence electrons. The van der Waals surface area contributed by atoms with Gasteiger partial charge in [0.1, 0.15) is 6.34 Å². The Balaban J connectivity index is 2.66. The molecule has 4 heteroatoms. The molecule has 0 aromatic heterocycles. The summed E-state index contributed by atoms with van der Waals surface area (Å²) in [5.74, 6) is 4.59. The number of hydrazone groups is 1. The van der Waals surface area contributed by atoms with Gasteiger partial charge in [-0.15, -0.1) is 0 Å². The number of nitrogens with one attached hydrogen (secondary N) is 1. The summed E-state index contributed by atoms with van der Waals surface area (Å²) in [6.07, 6.45) is 1.15. The van der Waals surface area contributed by atoms with Crippen molar-refractivity contribution in [1.29, 1.82) is 0 Å². The Bertz CT molecular complexity index is 282. The van der Waals surface area contributed by atoms with E-state index in [0.717, 1.165) is 6.34 Å². The third-order valence-corrected chi connectivity index (χ3v) is 1.31. The van der Waals surface area contributed by atoms with Crippen LogP contribution >= 0.6 is 0 Å². The Kier molecular flexibility index (Phi) is 2.84. The fourth-order valence-electron chi connectivity index (χ4n) is 0.769. The summed E-state index contributed by atoms with van der Waals surface area (Å²) < 4.78 is 0. The molecule has 0 aliphatic carbocycles. The molecule has 0 aliphatic rings. The van der Waals surface area contributed by atoms with Gasteiger partial charge in [0.15, 0.2) is 0 Å². The van der Waals surface area contributed by atoms with Crippen LogP contribution in [0.3, 0.4) is 0 Å². The van der Waals surface area contributed by atoms with Gasteiger partial charge < -0.3 is 11.2 Å². The summed E-state index contributed by atoms with van der Waals surface area (Å²) in [5, 5.41) is 5.54. The van der Waals surface area contributed by atoms with E-state index in [1.165, 1.54) is 0 Å². The first-order valence-electron chi connectivity index (χ1n) is 3.42. The first-order chi connectivity index (χ1) is 5.84. The average molecular weight is 163 g/mol. The maximum absolute atomic E-state index is 11.1. The second kappa shape index (κ2) is 4.12. The Morgan fingerprint density at radius 2 is 2.08 bits per heavy atom. The molecule has 0 saturated carbocycles. The van der Waals surface area contributed by atoms with Gasteiger partial charge >= 0.3 is 0 Å². The number of hydrogen-bond acceptors (Lipinski definition) is 3. The summed E-state index contributed by atoms with van der Waals surface area (Å²) in [7, 11) is 0. The van der Waals surface area contributed by atoms with E-state index in [4.69, 9.17) is 5.84 Å². The molecular formula is C8H9N3O. The van der Waals surface area contributed by atoms with Crippen LogP contribution in [0, 0.1) is 0 Å². The highest BCUT2D eigenvalue weighted by molar-refractivity contribution is 6.00. The predicted molar refractivity (Wildman–Crippen MR) is 46.6 cm³/mol. The van der Waals surface area contributed by atoms with Gasteiger partial charge in [-0.05, 0) is 12.1 Å². The number of carbonyl (C=O) groups is 1. The van der Waals surface area contributed by atoms with E-state index < -0.39 is 0 Å². The van der Waals surface area contributed by atoms with Crippen molar-refractivity contribution in [1.82, 2.24) is 5.32 Å². The molecule has 0 spiro atoms. The molecule has 12 heavy (non-hydrogen) atoms. The quantitative estimate of drug-likeness (QED) is 0.285. The minimum atomic E-state index is -0.218. The number of rotatable bonds is 2. The number of hydrogen-bond donors (Lipinski definition) is 2. The second-order valence-electron chi connectivity index (χ2n) is 2.12. The lowest BCUT2D eigenvalue weighted by atomic mass is 10.2. The molecule has 1 aromatic rings. The number of benzene rings is 1. The molecule has 4 nitrogen and oxygen atoms in total. The van der Waals surface area contributed by atoms with Crippen LogP contribution in [-0.4, -0.2) is 12.2 Å². The van der Waals surface area contributed by atoms with Crippen LogP contribution in [0.2, 0.25) is 0 Å². The van der Waals surface area contributed by atoms with Crippen molar-refractivity contribution in [2.75, 3.05) is 0 Å². The molecular weight excluding hydrogens is 154 g/mol. The Morgan fingerprint density at radius 3 is 2.67 bits per heavy atom. The molecule has 0 atom stereocenters. The van der Waals surface area contributed by atoms with E-state index in [1.807, 2.05) is 6.07 Å². The third kappa shape index (κ3) is 2.09. The monoisotopic (exact) mass is 163 g/mol. The lowest BCUT2D eigenvalue weighted by Crippen LogP contribution is -2.21. The highest BCUT2D eigenvalue weighted by Crippen LogP contribution is 1.96. The van der Waals surface area contributed by atoms with Crippen LogP contribution in [0.5, 0.6) is 0 Å². The smallest absolute Gasteiger partial charge is 0.256 e. The van der Waals surface area contributed by atoms with Crippen molar-refractivity contribution in [2.45, 2.75) is 0 Å². The van der Waals surface area contributed by atoms with Gasteiger partial charge in [-0.3, -0.25) is 4.79 Å². The summed E-state index contributed by atoms with van der Waals surface area (Å²) >= 11 is 0. The van der Waals surface area contributed by atoms with Crippen molar-refractivity contribution in [3.63, 3.8) is 0 Å². The summed E-state index contributed by atoms with van der Waals surface area (Å²) in [4.78, 5) is 11.1. The average Bonchev–Trinajstić information content (AvgIpc) is 2.15. The molecule has 0 radical (unpaired) electrons. The van der Waals surface area contributed by atoms with E-state index in [9.17, 15) is 4.79 Å². The van der Waals surface area contributed by atoms with Gasteiger partial charge in [0.2, 0.25) is 0 Å². The molecule has 0 fully saturated rings. The van der Waals surface area contributed by atoms with Crippen molar-refractivity contribution in [3.8, 4) is 0 Å². The third-order valence-electron chi connectivity index (χ3n) is 1.31. The normalized spacial score (nSPS) is 10.0. The predicted octanol–water partition coefficient (Wildman–Crippen LogP) is 0.318. The highest BCUT2D eigenvalue weighted by Gasteiger charge is 1.99. The lowest BCUT2D eigenvalue weighted by Gasteiger charge is -1.96. The van der Waals surface area contributed by atoms with Gasteiger partial charge in [0.05, 0.1) is 0 Å². The molecule has 0 unspecified atom stereocenters. The van der Waals surface area contributed by atoms with Crippen LogP contribution in [0.4, 0.5) is 0 Å². The lowest BCUT2D eigenvalue weighted by molar-refractivity contribution is 0.0978. The summed E-state index contributed by atoms with van der Waals surface area (Å²) in [6, 6.07) is 8.83. The largest absolute Gasteiger partial charge is 0.322 e. The zero-order valence-electron chi connectivity index (χ0n) is 6.40. The Morgan fingerprint density at radius 1 is 1.42 bits per heavy atom. The Labute approximate surface area is 70.1 Å². The molecule has 3 N–H and O–H groups in total. The summed E-state index contributed by atoms with van der Waals surface area (Å²) in [5.41, 5.74) is 0.581. The molecule has 0 heterocycles. The van der Waals surface area contributed by atoms with E-state index in [0.29, 0.717) is 5.56 Å². The molecule has 0 bridgehead atoms. The van der Waals surface area contributed by atoms with Gasteiger partial charge in [0, 0.05) is 5.56 Å². The zero-order valence-corrected chi connectivity index (χ0v) is 6.40. The first kappa shape index (κ1) is 8.26. The molecule has 0 aliphatic heterocycles. The van der Waals surface area contributed by atoms with Crippen LogP contribution in [0.1, 0.15) is 10.4 Å². The minimum absolute atomic E-state index is 0.218. The molecule has 1 rings (SSSR count). The maximum atomic E-state index is 11.1. The van der Waals surface area contributed by atoms with Crippen LogP contribution in [0.15, 0.2) is 35.4 Å². The van der Waals surface area contributed by atoms with Crippen molar-refractivity contribution < 1.29 is 4.79 Å². The molecule has 1 aromatic carbocycles. The highest BCUT2D eigenvalue weighted by atomic mass is 16.1. The maximum Gasteiger partial charge on any atom is 0.256 e. The van der Waals surface area contributed by atoms with Crippen LogP contribution in [-0.2, 0) is 0 Å². The Hall–Kier alpha value is -1.84. The molecule has 0 saturated heterocycles. The van der Waals surface area contributed by atoms with E-state index in [1.54, 1.807) is 24.3 Å². The van der Waals surface area contributed by atoms with E-state index in [-0.39, 0.29) is 5.91 Å². The van der Waals surface area contributed by atoms with Gasteiger partial charge in [-0.1, -0.05) is 18.2 Å². The first-order valence-corrected chi connectivity index (χ1v) is 3.42. The van der Waals surface area contributed by atoms with Crippen molar-refractivity contribution in [2.24, 2.45) is 10.9 Å². The van der Waals surface area contributed by atoms with Gasteiger partial charge in [-0.25, -0.2) is 0 Å². The minimum Gasteiger partial charge on any atom is -0.322 e. The fourth-order valence-corrected chi connectivity index (χ4v) is 0.769. The second-order valence-corrected chi connectivity index (χ2v) is 2.12. The number of carbonyl (C=O) groups excluding carboxylic acids is 1. The van der Waals surface area contributed by atoms with Crippen LogP contribution < -0.4 is 11.2 Å². The van der Waals surface area contributed by atoms with E-state index in [2.05, 4.69) is 10.4 Å². The SMILES string of the molecule is N/N=C/NC(=O)c1ccccc1. The van der Waals surface area contributed by atoms with E-state index >= 15 is 0 Å². The fraction of sp³-hybridized carbons (Fsp3) is 0. The molecule has 1 amide bonds. The number of amides is 1. The topological polar surface area (TPSA) is 67.5 Å². The number of nitrogens with two attached hydrogens (primary N) is 1.